The first kappa shape index (κ1) is 16.5. The molecule has 24 heavy (non-hydrogen) atoms. The molecule has 0 aliphatic heterocycles. The zero-order valence-electron chi connectivity index (χ0n) is 14.0. The highest BCUT2D eigenvalue weighted by Gasteiger charge is 2.12. The molecule has 0 bridgehead atoms. The number of hydrogen-bond donors (Lipinski definition) is 1. The number of aromatic nitrogens is 2. The summed E-state index contributed by atoms with van der Waals surface area (Å²) >= 11 is 1.58. The van der Waals surface area contributed by atoms with Crippen molar-refractivity contribution in [3.63, 3.8) is 0 Å². The maximum Gasteiger partial charge on any atom is 0.261 e. The summed E-state index contributed by atoms with van der Waals surface area (Å²) in [6.45, 7) is 5.41. The molecule has 4 nitrogen and oxygen atoms in total. The average molecular weight is 339 g/mol. The monoisotopic (exact) mass is 339 g/mol. The molecule has 0 fully saturated rings. The van der Waals surface area contributed by atoms with Gasteiger partial charge in [-0.2, -0.15) is 5.10 Å². The largest absolute Gasteiger partial charge is 0.347 e. The Morgan fingerprint density at radius 3 is 2.71 bits per heavy atom. The molecule has 1 amide bonds. The van der Waals surface area contributed by atoms with Crippen molar-refractivity contribution in [2.75, 3.05) is 0 Å². The van der Waals surface area contributed by atoms with Gasteiger partial charge in [-0.25, -0.2) is 0 Å². The van der Waals surface area contributed by atoms with Crippen molar-refractivity contribution in [2.45, 2.75) is 33.4 Å². The second kappa shape index (κ2) is 7.45. The van der Waals surface area contributed by atoms with Gasteiger partial charge in [-0.1, -0.05) is 31.2 Å². The maximum atomic E-state index is 12.4. The summed E-state index contributed by atoms with van der Waals surface area (Å²) in [5, 5.41) is 7.29. The highest BCUT2D eigenvalue weighted by molar-refractivity contribution is 7.14. The number of amides is 1. The predicted molar refractivity (Wildman–Crippen MR) is 97.4 cm³/mol. The van der Waals surface area contributed by atoms with Crippen LogP contribution in [0.1, 0.15) is 38.2 Å². The van der Waals surface area contributed by atoms with Crippen LogP contribution in [-0.2, 0) is 19.5 Å². The van der Waals surface area contributed by atoms with E-state index in [9.17, 15) is 4.79 Å². The number of carbonyl (C=O) groups is 1. The molecular weight excluding hydrogens is 318 g/mol. The van der Waals surface area contributed by atoms with Crippen molar-refractivity contribution in [3.8, 4) is 0 Å². The number of thiophene rings is 1. The van der Waals surface area contributed by atoms with Crippen molar-refractivity contribution in [1.82, 2.24) is 15.1 Å². The minimum absolute atomic E-state index is 0.00306. The fraction of sp³-hybridized carbons (Fsp3) is 0.263. The van der Waals surface area contributed by atoms with Gasteiger partial charge in [0, 0.05) is 23.8 Å². The molecule has 0 atom stereocenters. The predicted octanol–water partition coefficient (Wildman–Crippen LogP) is 3.79. The van der Waals surface area contributed by atoms with Gasteiger partial charge < -0.3 is 5.32 Å². The van der Waals surface area contributed by atoms with Crippen molar-refractivity contribution in [1.29, 1.82) is 0 Å². The van der Waals surface area contributed by atoms with Gasteiger partial charge in [0.05, 0.1) is 11.4 Å². The first-order chi connectivity index (χ1) is 11.7. The number of benzene rings is 1. The zero-order chi connectivity index (χ0) is 16.9. The molecule has 0 aliphatic carbocycles. The molecule has 3 aromatic rings. The van der Waals surface area contributed by atoms with Gasteiger partial charge in [-0.15, -0.1) is 11.3 Å². The maximum absolute atomic E-state index is 12.4. The molecule has 1 N–H and O–H groups in total. The number of nitrogens with zero attached hydrogens (tertiary/aromatic N) is 2. The van der Waals surface area contributed by atoms with Gasteiger partial charge in [-0.05, 0) is 42.2 Å². The Labute approximate surface area is 146 Å². The Kier molecular flexibility index (Phi) is 5.11. The minimum Gasteiger partial charge on any atom is -0.347 e. The van der Waals surface area contributed by atoms with Crippen LogP contribution in [0.25, 0.3) is 0 Å². The Balaban J connectivity index is 1.69. The van der Waals surface area contributed by atoms with E-state index >= 15 is 0 Å². The van der Waals surface area contributed by atoms with Crippen molar-refractivity contribution in [2.24, 2.45) is 0 Å². The molecule has 1 aromatic carbocycles. The number of carbonyl (C=O) groups excluding carboxylic acids is 1. The van der Waals surface area contributed by atoms with E-state index in [4.69, 9.17) is 0 Å². The van der Waals surface area contributed by atoms with Gasteiger partial charge in [0.15, 0.2) is 0 Å². The number of hydrogen-bond acceptors (Lipinski definition) is 3. The molecule has 0 unspecified atom stereocenters. The Bertz CT molecular complexity index is 821. The molecule has 0 radical (unpaired) electrons. The number of rotatable bonds is 6. The van der Waals surface area contributed by atoms with Crippen molar-refractivity contribution in [3.05, 3.63) is 75.2 Å². The van der Waals surface area contributed by atoms with E-state index in [0.717, 1.165) is 22.4 Å². The zero-order valence-corrected chi connectivity index (χ0v) is 14.8. The van der Waals surface area contributed by atoms with Crippen LogP contribution in [0, 0.1) is 6.92 Å². The lowest BCUT2D eigenvalue weighted by Crippen LogP contribution is -2.22. The lowest BCUT2D eigenvalue weighted by Gasteiger charge is -2.10. The highest BCUT2D eigenvalue weighted by atomic mass is 32.1. The topological polar surface area (TPSA) is 46.9 Å². The Morgan fingerprint density at radius 2 is 2.04 bits per heavy atom. The van der Waals surface area contributed by atoms with Crippen LogP contribution in [-0.4, -0.2) is 15.7 Å². The van der Waals surface area contributed by atoms with E-state index in [1.54, 1.807) is 17.5 Å². The molecule has 0 aliphatic rings. The average Bonchev–Trinajstić information content (AvgIpc) is 3.23. The first-order valence-corrected chi connectivity index (χ1v) is 8.90. The van der Waals surface area contributed by atoms with Crippen molar-refractivity contribution < 1.29 is 4.79 Å². The SMILES string of the molecule is CCc1sc(C(=O)NCc2ccccc2Cn2cccn2)cc1C. The summed E-state index contributed by atoms with van der Waals surface area (Å²) in [6, 6.07) is 12.0. The van der Waals surface area contributed by atoms with Crippen LogP contribution >= 0.6 is 11.3 Å². The van der Waals surface area contributed by atoms with Crippen LogP contribution in [0.4, 0.5) is 0 Å². The molecule has 124 valence electrons. The quantitative estimate of drug-likeness (QED) is 0.743. The fourth-order valence-corrected chi connectivity index (χ4v) is 3.73. The van der Waals surface area contributed by atoms with Crippen LogP contribution in [0.2, 0.25) is 0 Å². The molecule has 3 rings (SSSR count). The van der Waals surface area contributed by atoms with E-state index in [0.29, 0.717) is 13.1 Å². The molecule has 5 heteroatoms. The third kappa shape index (κ3) is 3.74. The van der Waals surface area contributed by atoms with Gasteiger partial charge in [0.1, 0.15) is 0 Å². The lowest BCUT2D eigenvalue weighted by molar-refractivity contribution is 0.0955. The smallest absolute Gasteiger partial charge is 0.261 e. The molecule has 0 saturated heterocycles. The van der Waals surface area contributed by atoms with Crippen LogP contribution < -0.4 is 5.32 Å². The van der Waals surface area contributed by atoms with E-state index in [-0.39, 0.29) is 5.91 Å². The standard InChI is InChI=1S/C19H21N3OS/c1-3-17-14(2)11-18(24-17)19(23)20-12-15-7-4-5-8-16(15)13-22-10-6-9-21-22/h4-11H,3,12-13H2,1-2H3,(H,20,23). The summed E-state index contributed by atoms with van der Waals surface area (Å²) in [5.74, 6) is -0.00306. The molecule has 0 saturated carbocycles. The number of nitrogens with one attached hydrogen (secondary N) is 1. The Morgan fingerprint density at radius 1 is 1.25 bits per heavy atom. The van der Waals surface area contributed by atoms with Crippen LogP contribution in [0.3, 0.4) is 0 Å². The lowest BCUT2D eigenvalue weighted by atomic mass is 10.1. The third-order valence-electron chi connectivity index (χ3n) is 4.01. The normalized spacial score (nSPS) is 10.8. The Hall–Kier alpha value is -2.40. The first-order valence-electron chi connectivity index (χ1n) is 8.09. The second-order valence-electron chi connectivity index (χ2n) is 5.73. The third-order valence-corrected chi connectivity index (χ3v) is 5.40. The summed E-state index contributed by atoms with van der Waals surface area (Å²) in [4.78, 5) is 14.5. The van der Waals surface area contributed by atoms with Crippen LogP contribution in [0.15, 0.2) is 48.8 Å². The highest BCUT2D eigenvalue weighted by Crippen LogP contribution is 2.22. The summed E-state index contributed by atoms with van der Waals surface area (Å²) < 4.78 is 1.89. The second-order valence-corrected chi connectivity index (χ2v) is 6.86. The van der Waals surface area contributed by atoms with Gasteiger partial charge in [0.2, 0.25) is 0 Å². The summed E-state index contributed by atoms with van der Waals surface area (Å²) in [6.07, 6.45) is 4.68. The van der Waals surface area contributed by atoms with Crippen LogP contribution in [0.5, 0.6) is 0 Å². The van der Waals surface area contributed by atoms with E-state index in [1.807, 2.05) is 35.1 Å². The molecule has 0 spiro atoms. The minimum atomic E-state index is -0.00306. The van der Waals surface area contributed by atoms with E-state index in [1.165, 1.54) is 10.4 Å². The molecule has 2 heterocycles. The summed E-state index contributed by atoms with van der Waals surface area (Å²) in [7, 11) is 0. The molecular formula is C19H21N3OS. The van der Waals surface area contributed by atoms with E-state index in [2.05, 4.69) is 36.4 Å². The fourth-order valence-electron chi connectivity index (χ4n) is 2.70. The summed E-state index contributed by atoms with van der Waals surface area (Å²) in [5.41, 5.74) is 3.48. The van der Waals surface area contributed by atoms with E-state index < -0.39 is 0 Å². The van der Waals surface area contributed by atoms with Gasteiger partial charge in [0.25, 0.3) is 5.91 Å². The van der Waals surface area contributed by atoms with Gasteiger partial charge >= 0.3 is 0 Å². The molecule has 2 aromatic heterocycles. The van der Waals surface area contributed by atoms with Crippen molar-refractivity contribution >= 4 is 17.2 Å². The van der Waals surface area contributed by atoms with Gasteiger partial charge in [-0.3, -0.25) is 9.48 Å². The number of aryl methyl sites for hydroxylation is 2.